The normalized spacial score (nSPS) is 10.3. The lowest BCUT2D eigenvalue weighted by atomic mass is 10.2. The van der Waals surface area contributed by atoms with E-state index in [2.05, 4.69) is 11.7 Å². The summed E-state index contributed by atoms with van der Waals surface area (Å²) in [6, 6.07) is 4.77. The Morgan fingerprint density at radius 1 is 1.33 bits per heavy atom. The van der Waals surface area contributed by atoms with Crippen molar-refractivity contribution in [1.29, 1.82) is 0 Å². The van der Waals surface area contributed by atoms with E-state index in [-0.39, 0.29) is 18.2 Å². The highest BCUT2D eigenvalue weighted by atomic mass is 35.5. The van der Waals surface area contributed by atoms with Gasteiger partial charge in [-0.25, -0.2) is 4.79 Å². The number of esters is 1. The van der Waals surface area contributed by atoms with Crippen molar-refractivity contribution in [2.75, 3.05) is 13.7 Å². The molecule has 1 aromatic carbocycles. The lowest BCUT2D eigenvalue weighted by Crippen LogP contribution is -2.07. The number of aryl methyl sites for hydroxylation is 2. The van der Waals surface area contributed by atoms with E-state index >= 15 is 0 Å². The molecule has 0 aliphatic rings. The van der Waals surface area contributed by atoms with Crippen molar-refractivity contribution in [2.24, 2.45) is 0 Å². The summed E-state index contributed by atoms with van der Waals surface area (Å²) < 4.78 is 21.1. The maximum Gasteiger partial charge on any atom is 0.338 e. The number of aromatic nitrogens is 1. The fourth-order valence-electron chi connectivity index (χ4n) is 2.00. The van der Waals surface area contributed by atoms with Crippen LogP contribution in [0.2, 0.25) is 0 Å². The minimum atomic E-state index is -0.521. The molecule has 0 saturated carbocycles. The van der Waals surface area contributed by atoms with Gasteiger partial charge in [0, 0.05) is 5.03 Å². The van der Waals surface area contributed by atoms with Crippen molar-refractivity contribution >= 4 is 17.6 Å². The minimum absolute atomic E-state index is 0.0486. The molecule has 2 rings (SSSR count). The molecule has 128 valence electrons. The zero-order valence-electron chi connectivity index (χ0n) is 13.7. The molecule has 0 aliphatic carbocycles. The lowest BCUT2D eigenvalue weighted by Gasteiger charge is -2.12. The quantitative estimate of drug-likeness (QED) is 0.707. The third-order valence-electron chi connectivity index (χ3n) is 3.31. The zero-order chi connectivity index (χ0) is 17.7. The number of halogens is 1. The molecule has 0 unspecified atom stereocenters. The Morgan fingerprint density at radius 2 is 2.08 bits per heavy atom. The van der Waals surface area contributed by atoms with Gasteiger partial charge in [-0.3, -0.25) is 0 Å². The first kappa shape index (κ1) is 17.9. The summed E-state index contributed by atoms with van der Waals surface area (Å²) in [5, 5.41) is 4.12. The number of hydrogen-bond acceptors (Lipinski definition) is 6. The maximum absolute atomic E-state index is 11.9. The molecule has 7 heteroatoms. The number of carbonyl (C=O) groups is 1. The molecule has 0 spiro atoms. The molecule has 0 amide bonds. The van der Waals surface area contributed by atoms with Gasteiger partial charge in [-0.1, -0.05) is 23.3 Å². The van der Waals surface area contributed by atoms with E-state index in [1.807, 2.05) is 13.8 Å². The van der Waals surface area contributed by atoms with Crippen molar-refractivity contribution in [2.45, 2.75) is 20.5 Å². The predicted octanol–water partition coefficient (Wildman–Crippen LogP) is 3.79. The van der Waals surface area contributed by atoms with Crippen LogP contribution in [0.5, 0.6) is 11.5 Å². The molecular weight excluding hydrogens is 334 g/mol. The summed E-state index contributed by atoms with van der Waals surface area (Å²) in [5.74, 6) is 1.09. The second-order valence-electron chi connectivity index (χ2n) is 5.05. The van der Waals surface area contributed by atoms with Crippen molar-refractivity contribution in [3.05, 3.63) is 52.4 Å². The Morgan fingerprint density at radius 3 is 2.67 bits per heavy atom. The Balaban J connectivity index is 2.11. The number of nitrogens with zero attached hydrogens (tertiary/aromatic N) is 1. The molecule has 0 saturated heterocycles. The van der Waals surface area contributed by atoms with E-state index in [9.17, 15) is 4.79 Å². The lowest BCUT2D eigenvalue weighted by molar-refractivity contribution is 0.0545. The van der Waals surface area contributed by atoms with Crippen LogP contribution in [0.4, 0.5) is 0 Å². The molecule has 0 N–H and O–H groups in total. The Labute approximate surface area is 144 Å². The minimum Gasteiger partial charge on any atom is -0.493 e. The monoisotopic (exact) mass is 351 g/mol. The highest BCUT2D eigenvalue weighted by Gasteiger charge is 2.15. The van der Waals surface area contributed by atoms with Gasteiger partial charge in [0.15, 0.2) is 11.5 Å². The third kappa shape index (κ3) is 4.29. The van der Waals surface area contributed by atoms with Crippen molar-refractivity contribution < 1.29 is 23.5 Å². The molecule has 0 radical (unpaired) electrons. The second kappa shape index (κ2) is 7.88. The first-order valence-corrected chi connectivity index (χ1v) is 7.53. The summed E-state index contributed by atoms with van der Waals surface area (Å²) in [4.78, 5) is 11.9. The summed E-state index contributed by atoms with van der Waals surface area (Å²) in [7, 11) is 1.49. The van der Waals surface area contributed by atoms with E-state index in [1.54, 1.807) is 18.2 Å². The fourth-order valence-corrected chi connectivity index (χ4v) is 2.05. The van der Waals surface area contributed by atoms with E-state index in [0.717, 1.165) is 11.3 Å². The maximum atomic E-state index is 11.9. The highest BCUT2D eigenvalue weighted by molar-refractivity contribution is 6.29. The van der Waals surface area contributed by atoms with Crippen molar-refractivity contribution in [3.8, 4) is 11.5 Å². The van der Waals surface area contributed by atoms with E-state index < -0.39 is 5.97 Å². The van der Waals surface area contributed by atoms with Crippen LogP contribution in [0.15, 0.2) is 34.3 Å². The molecule has 0 bridgehead atoms. The fraction of sp³-hybridized carbons (Fsp3) is 0.294. The molecule has 6 nitrogen and oxygen atoms in total. The number of ether oxygens (including phenoxy) is 3. The topological polar surface area (TPSA) is 70.8 Å². The van der Waals surface area contributed by atoms with Gasteiger partial charge in [-0.05, 0) is 32.0 Å². The number of methoxy groups -OCH3 is 1. The first-order valence-electron chi connectivity index (χ1n) is 7.15. The summed E-state index contributed by atoms with van der Waals surface area (Å²) in [6.07, 6.45) is 0. The zero-order valence-corrected chi connectivity index (χ0v) is 14.5. The second-order valence-corrected chi connectivity index (χ2v) is 5.58. The van der Waals surface area contributed by atoms with Crippen LogP contribution in [-0.2, 0) is 11.3 Å². The Kier molecular flexibility index (Phi) is 5.87. The highest BCUT2D eigenvalue weighted by Crippen LogP contribution is 2.29. The molecule has 0 aliphatic heterocycles. The smallest absolute Gasteiger partial charge is 0.338 e. The average Bonchev–Trinajstić information content (AvgIpc) is 2.88. The van der Waals surface area contributed by atoms with Crippen LogP contribution in [0.1, 0.15) is 27.4 Å². The third-order valence-corrected chi connectivity index (χ3v) is 3.42. The number of carbonyl (C=O) groups excluding carboxylic acids is 1. The van der Waals surface area contributed by atoms with Gasteiger partial charge in [0.2, 0.25) is 0 Å². The largest absolute Gasteiger partial charge is 0.493 e. The SMILES string of the molecule is C=C(Cl)COC(=O)c1ccc(OCc2c(C)noc2C)c(OC)c1. The van der Waals surface area contributed by atoms with Crippen LogP contribution in [0, 0.1) is 13.8 Å². The predicted molar refractivity (Wildman–Crippen MR) is 88.6 cm³/mol. The Hall–Kier alpha value is -2.47. The van der Waals surface area contributed by atoms with Gasteiger partial charge in [0.05, 0.1) is 23.9 Å². The Bertz CT molecular complexity index is 734. The molecule has 0 fully saturated rings. The molecule has 24 heavy (non-hydrogen) atoms. The summed E-state index contributed by atoms with van der Waals surface area (Å²) in [5.41, 5.74) is 1.98. The van der Waals surface area contributed by atoms with Gasteiger partial charge in [0.25, 0.3) is 0 Å². The molecule has 2 aromatic rings. The molecule has 1 heterocycles. The van der Waals surface area contributed by atoms with E-state index in [0.29, 0.717) is 22.8 Å². The number of rotatable bonds is 7. The average molecular weight is 352 g/mol. The van der Waals surface area contributed by atoms with Gasteiger partial charge >= 0.3 is 5.97 Å². The van der Waals surface area contributed by atoms with Gasteiger partial charge in [-0.2, -0.15) is 0 Å². The molecular formula is C17H18ClNO5. The number of hydrogen-bond donors (Lipinski definition) is 0. The van der Waals surface area contributed by atoms with Gasteiger partial charge in [0.1, 0.15) is 19.0 Å². The molecule has 0 atom stereocenters. The van der Waals surface area contributed by atoms with Gasteiger partial charge < -0.3 is 18.7 Å². The van der Waals surface area contributed by atoms with Crippen LogP contribution in [-0.4, -0.2) is 24.8 Å². The molecule has 1 aromatic heterocycles. The van der Waals surface area contributed by atoms with E-state index in [4.69, 9.17) is 30.3 Å². The van der Waals surface area contributed by atoms with Crippen LogP contribution in [0.25, 0.3) is 0 Å². The van der Waals surface area contributed by atoms with Crippen molar-refractivity contribution in [1.82, 2.24) is 5.16 Å². The standard InChI is InChI=1S/C17H18ClNO5/c1-10(18)8-23-17(20)13-5-6-15(16(7-13)21-4)22-9-14-11(2)19-24-12(14)3/h5-7H,1,8-9H2,2-4H3. The van der Waals surface area contributed by atoms with Crippen molar-refractivity contribution in [3.63, 3.8) is 0 Å². The van der Waals surface area contributed by atoms with Crippen LogP contribution < -0.4 is 9.47 Å². The van der Waals surface area contributed by atoms with Crippen LogP contribution in [0.3, 0.4) is 0 Å². The first-order chi connectivity index (χ1) is 11.4. The number of benzene rings is 1. The summed E-state index contributed by atoms with van der Waals surface area (Å²) in [6.45, 7) is 7.36. The van der Waals surface area contributed by atoms with E-state index in [1.165, 1.54) is 7.11 Å². The summed E-state index contributed by atoms with van der Waals surface area (Å²) >= 11 is 5.58. The van der Waals surface area contributed by atoms with Crippen LogP contribution >= 0.6 is 11.6 Å². The van der Waals surface area contributed by atoms with Gasteiger partial charge in [-0.15, -0.1) is 0 Å².